The summed E-state index contributed by atoms with van der Waals surface area (Å²) in [6.45, 7) is 8.59. The molecule has 5 heteroatoms. The van der Waals surface area contributed by atoms with Crippen molar-refractivity contribution in [2.45, 2.75) is 52.5 Å². The first kappa shape index (κ1) is 18.1. The normalized spacial score (nSPS) is 22.0. The van der Waals surface area contributed by atoms with Gasteiger partial charge < -0.3 is 14.9 Å². The summed E-state index contributed by atoms with van der Waals surface area (Å²) in [5, 5.41) is 9.21. The maximum Gasteiger partial charge on any atom is 0.135 e. The molecule has 1 aliphatic heterocycles. The number of aliphatic hydroxyl groups excluding tert-OH is 1. The third-order valence-corrected chi connectivity index (χ3v) is 5.05. The minimum atomic E-state index is 0.280. The molecule has 130 valence electrons. The second-order valence-electron chi connectivity index (χ2n) is 6.90. The molecule has 23 heavy (non-hydrogen) atoms. The Morgan fingerprint density at radius 3 is 2.61 bits per heavy atom. The number of aliphatic hydroxyl groups is 1. The second-order valence-corrected chi connectivity index (χ2v) is 6.90. The fraction of sp³-hybridized carbons (Fsp3) is 0.778. The van der Waals surface area contributed by atoms with Crippen molar-refractivity contribution in [1.82, 2.24) is 14.9 Å². The summed E-state index contributed by atoms with van der Waals surface area (Å²) in [7, 11) is 4.34. The summed E-state index contributed by atoms with van der Waals surface area (Å²) in [5.74, 6) is 2.56. The van der Waals surface area contributed by atoms with Crippen molar-refractivity contribution < 1.29 is 5.11 Å². The third-order valence-electron chi connectivity index (χ3n) is 5.05. The summed E-state index contributed by atoms with van der Waals surface area (Å²) in [6, 6.07) is 0.590. The van der Waals surface area contributed by atoms with Crippen LogP contribution in [0.3, 0.4) is 0 Å². The van der Waals surface area contributed by atoms with Gasteiger partial charge in [0.15, 0.2) is 0 Å². The van der Waals surface area contributed by atoms with Gasteiger partial charge in [-0.15, -0.1) is 0 Å². The topological polar surface area (TPSA) is 52.5 Å². The molecule has 0 saturated carbocycles. The number of rotatable bonds is 6. The van der Waals surface area contributed by atoms with E-state index < -0.39 is 0 Å². The largest absolute Gasteiger partial charge is 0.396 e. The predicted octanol–water partition coefficient (Wildman–Crippen LogP) is 2.18. The quantitative estimate of drug-likeness (QED) is 0.871. The molecule has 1 aromatic heterocycles. The lowest BCUT2D eigenvalue weighted by atomic mass is 9.87. The molecular formula is C18H32N4O. The number of nitrogens with zero attached hydrogens (tertiary/aromatic N) is 4. The Kier molecular flexibility index (Phi) is 6.36. The van der Waals surface area contributed by atoms with Gasteiger partial charge >= 0.3 is 0 Å². The van der Waals surface area contributed by atoms with Crippen molar-refractivity contribution in [3.8, 4) is 0 Å². The summed E-state index contributed by atoms with van der Waals surface area (Å²) in [6.07, 6.45) is 4.07. The van der Waals surface area contributed by atoms with E-state index in [1.165, 1.54) is 5.56 Å². The Hall–Kier alpha value is -1.20. The highest BCUT2D eigenvalue weighted by atomic mass is 16.2. The van der Waals surface area contributed by atoms with Gasteiger partial charge in [0, 0.05) is 37.0 Å². The summed E-state index contributed by atoms with van der Waals surface area (Å²) in [4.78, 5) is 14.1. The number of piperidine rings is 1. The standard InChI is InChI=1S/C18H32N4O/c1-6-16-13(2)19-14(3)20-18(16)22-10-9-17(21(4)5)15(12-22)8-7-11-23/h15,17,23H,6-12H2,1-5H3/t15-,17+/m0/s1. The summed E-state index contributed by atoms with van der Waals surface area (Å²) >= 11 is 0. The first-order valence-corrected chi connectivity index (χ1v) is 8.84. The molecule has 5 nitrogen and oxygen atoms in total. The Morgan fingerprint density at radius 2 is 2.00 bits per heavy atom. The molecule has 0 radical (unpaired) electrons. The molecule has 0 bridgehead atoms. The zero-order chi connectivity index (χ0) is 17.0. The van der Waals surface area contributed by atoms with Gasteiger partial charge in [0.25, 0.3) is 0 Å². The fourth-order valence-electron chi connectivity index (χ4n) is 3.92. The first-order valence-electron chi connectivity index (χ1n) is 8.84. The van der Waals surface area contributed by atoms with Crippen LogP contribution in [0, 0.1) is 19.8 Å². The molecule has 2 rings (SSSR count). The number of aromatic nitrogens is 2. The molecular weight excluding hydrogens is 288 g/mol. The third kappa shape index (κ3) is 4.21. The first-order chi connectivity index (χ1) is 11.0. The number of aryl methyl sites for hydroxylation is 2. The lowest BCUT2D eigenvalue weighted by molar-refractivity contribution is 0.160. The van der Waals surface area contributed by atoms with Crippen LogP contribution in [-0.4, -0.2) is 59.8 Å². The minimum absolute atomic E-state index is 0.280. The van der Waals surface area contributed by atoms with Gasteiger partial charge in [0.2, 0.25) is 0 Å². The molecule has 0 amide bonds. The second kappa shape index (κ2) is 8.06. The maximum absolute atomic E-state index is 9.21. The van der Waals surface area contributed by atoms with E-state index in [0.29, 0.717) is 12.0 Å². The molecule has 0 aromatic carbocycles. The lowest BCUT2D eigenvalue weighted by Crippen LogP contribution is -2.49. The lowest BCUT2D eigenvalue weighted by Gasteiger charge is -2.42. The molecule has 2 atom stereocenters. The van der Waals surface area contributed by atoms with Crippen LogP contribution in [0.5, 0.6) is 0 Å². The van der Waals surface area contributed by atoms with E-state index in [9.17, 15) is 5.11 Å². The molecule has 1 aliphatic rings. The highest BCUT2D eigenvalue weighted by Crippen LogP contribution is 2.30. The van der Waals surface area contributed by atoms with E-state index in [2.05, 4.69) is 42.7 Å². The molecule has 0 unspecified atom stereocenters. The monoisotopic (exact) mass is 320 g/mol. The molecule has 0 aliphatic carbocycles. The Morgan fingerprint density at radius 1 is 1.26 bits per heavy atom. The molecule has 2 heterocycles. The highest BCUT2D eigenvalue weighted by Gasteiger charge is 2.31. The molecule has 1 fully saturated rings. The van der Waals surface area contributed by atoms with Crippen LogP contribution in [-0.2, 0) is 6.42 Å². The van der Waals surface area contributed by atoms with Gasteiger partial charge in [-0.3, -0.25) is 0 Å². The van der Waals surface area contributed by atoms with Crippen LogP contribution >= 0.6 is 0 Å². The van der Waals surface area contributed by atoms with Crippen LogP contribution in [0.15, 0.2) is 0 Å². The van der Waals surface area contributed by atoms with Gasteiger partial charge in [-0.05, 0) is 59.5 Å². The van der Waals surface area contributed by atoms with Crippen molar-refractivity contribution in [1.29, 1.82) is 0 Å². The van der Waals surface area contributed by atoms with Gasteiger partial charge in [-0.25, -0.2) is 9.97 Å². The van der Waals surface area contributed by atoms with Crippen molar-refractivity contribution in [2.75, 3.05) is 38.7 Å². The fourth-order valence-corrected chi connectivity index (χ4v) is 3.92. The molecule has 1 aromatic rings. The minimum Gasteiger partial charge on any atom is -0.396 e. The van der Waals surface area contributed by atoms with E-state index in [1.807, 2.05) is 6.92 Å². The number of hydrogen-bond donors (Lipinski definition) is 1. The number of hydrogen-bond acceptors (Lipinski definition) is 5. The van der Waals surface area contributed by atoms with E-state index in [1.54, 1.807) is 0 Å². The highest BCUT2D eigenvalue weighted by molar-refractivity contribution is 5.49. The van der Waals surface area contributed by atoms with E-state index >= 15 is 0 Å². The van der Waals surface area contributed by atoms with Crippen molar-refractivity contribution >= 4 is 5.82 Å². The van der Waals surface area contributed by atoms with Crippen molar-refractivity contribution in [3.63, 3.8) is 0 Å². The smallest absolute Gasteiger partial charge is 0.135 e. The molecule has 1 saturated heterocycles. The van der Waals surface area contributed by atoms with Crippen LogP contribution in [0.25, 0.3) is 0 Å². The van der Waals surface area contributed by atoms with Gasteiger partial charge in [-0.1, -0.05) is 6.92 Å². The zero-order valence-corrected chi connectivity index (χ0v) is 15.3. The zero-order valence-electron chi connectivity index (χ0n) is 15.3. The van der Waals surface area contributed by atoms with Crippen LogP contribution in [0.4, 0.5) is 5.82 Å². The van der Waals surface area contributed by atoms with E-state index in [4.69, 9.17) is 4.98 Å². The molecule has 1 N–H and O–H groups in total. The Bertz CT molecular complexity index is 518. The number of anilines is 1. The van der Waals surface area contributed by atoms with Gasteiger partial charge in [0.05, 0.1) is 0 Å². The van der Waals surface area contributed by atoms with Crippen molar-refractivity contribution in [3.05, 3.63) is 17.1 Å². The average Bonchev–Trinajstić information content (AvgIpc) is 2.51. The van der Waals surface area contributed by atoms with Crippen molar-refractivity contribution in [2.24, 2.45) is 5.92 Å². The summed E-state index contributed by atoms with van der Waals surface area (Å²) in [5.41, 5.74) is 2.39. The Balaban J connectivity index is 2.24. The van der Waals surface area contributed by atoms with E-state index in [-0.39, 0.29) is 6.61 Å². The SMILES string of the molecule is CCc1c(C)nc(C)nc1N1CC[C@@H](N(C)C)[C@@H](CCCO)C1. The predicted molar refractivity (Wildman–Crippen MR) is 95.0 cm³/mol. The maximum atomic E-state index is 9.21. The Labute approximate surface area is 140 Å². The molecule has 0 spiro atoms. The van der Waals surface area contributed by atoms with Crippen LogP contribution < -0.4 is 4.90 Å². The summed E-state index contributed by atoms with van der Waals surface area (Å²) < 4.78 is 0. The average molecular weight is 320 g/mol. The van der Waals surface area contributed by atoms with Crippen LogP contribution in [0.2, 0.25) is 0 Å². The van der Waals surface area contributed by atoms with E-state index in [0.717, 1.165) is 56.1 Å². The van der Waals surface area contributed by atoms with Crippen LogP contribution in [0.1, 0.15) is 43.3 Å². The van der Waals surface area contributed by atoms with Gasteiger partial charge in [0.1, 0.15) is 11.6 Å². The van der Waals surface area contributed by atoms with Gasteiger partial charge in [-0.2, -0.15) is 0 Å².